The second kappa shape index (κ2) is 7.94. The van der Waals surface area contributed by atoms with Crippen LogP contribution in [0.15, 0.2) is 60.7 Å². The van der Waals surface area contributed by atoms with Crippen molar-refractivity contribution in [2.45, 2.75) is 26.0 Å². The molecular formula is C20H22N2O3. The molecule has 2 atom stereocenters. The van der Waals surface area contributed by atoms with E-state index in [4.69, 9.17) is 4.84 Å². The van der Waals surface area contributed by atoms with Crippen molar-refractivity contribution >= 4 is 11.8 Å². The fourth-order valence-electron chi connectivity index (χ4n) is 3.04. The van der Waals surface area contributed by atoms with Gasteiger partial charge in [-0.3, -0.25) is 14.4 Å². The van der Waals surface area contributed by atoms with Crippen LogP contribution in [0.3, 0.4) is 0 Å². The Morgan fingerprint density at radius 3 is 2.48 bits per heavy atom. The highest BCUT2D eigenvalue weighted by atomic mass is 16.6. The predicted octanol–water partition coefficient (Wildman–Crippen LogP) is 2.84. The van der Waals surface area contributed by atoms with Crippen LogP contribution in [0, 0.1) is 5.92 Å². The molecule has 0 unspecified atom stereocenters. The van der Waals surface area contributed by atoms with Gasteiger partial charge in [0.25, 0.3) is 0 Å². The molecule has 3 rings (SSSR count). The van der Waals surface area contributed by atoms with Gasteiger partial charge in [-0.25, -0.2) is 5.48 Å². The number of benzene rings is 2. The van der Waals surface area contributed by atoms with E-state index < -0.39 is 0 Å². The van der Waals surface area contributed by atoms with Gasteiger partial charge in [-0.2, -0.15) is 0 Å². The normalized spacial score (nSPS) is 18.2. The second-order valence-electron chi connectivity index (χ2n) is 6.27. The number of rotatable bonds is 6. The lowest BCUT2D eigenvalue weighted by Crippen LogP contribution is -2.33. The van der Waals surface area contributed by atoms with Gasteiger partial charge in [0, 0.05) is 13.0 Å². The van der Waals surface area contributed by atoms with Crippen molar-refractivity contribution in [2.24, 2.45) is 5.92 Å². The van der Waals surface area contributed by atoms with E-state index in [1.54, 1.807) is 4.90 Å². The largest absolute Gasteiger partial charge is 0.335 e. The highest BCUT2D eigenvalue weighted by Crippen LogP contribution is 2.28. The lowest BCUT2D eigenvalue weighted by Gasteiger charge is -2.25. The molecule has 5 heteroatoms. The Balaban J connectivity index is 1.52. The first-order valence-electron chi connectivity index (χ1n) is 8.45. The molecule has 1 heterocycles. The molecule has 0 saturated carbocycles. The number of hydrogen-bond donors (Lipinski definition) is 1. The van der Waals surface area contributed by atoms with E-state index in [2.05, 4.69) is 5.48 Å². The molecule has 5 nitrogen and oxygen atoms in total. The van der Waals surface area contributed by atoms with Crippen molar-refractivity contribution in [1.82, 2.24) is 10.4 Å². The first kappa shape index (κ1) is 17.2. The minimum absolute atomic E-state index is 0.000405. The van der Waals surface area contributed by atoms with Crippen molar-refractivity contribution in [2.75, 3.05) is 6.54 Å². The Bertz CT molecular complexity index is 718. The number of nitrogens with one attached hydrogen (secondary N) is 1. The Hall–Kier alpha value is -2.66. The molecule has 0 aliphatic carbocycles. The van der Waals surface area contributed by atoms with E-state index >= 15 is 0 Å². The highest BCUT2D eigenvalue weighted by molar-refractivity contribution is 5.89. The Kier molecular flexibility index (Phi) is 5.46. The molecule has 1 aliphatic rings. The quantitative estimate of drug-likeness (QED) is 0.824. The van der Waals surface area contributed by atoms with Gasteiger partial charge in [-0.15, -0.1) is 0 Å². The third-order valence-electron chi connectivity index (χ3n) is 4.53. The van der Waals surface area contributed by atoms with Gasteiger partial charge in [0.1, 0.15) is 0 Å². The standard InChI is InChI=1S/C20H22N2O3/c1-15(17-10-6-3-7-11-17)22-13-18(12-19(22)23)20(24)21-25-14-16-8-4-2-5-9-16/h2-11,15,18H,12-14H2,1H3,(H,21,24)/t15-,18+/m0/s1. The molecule has 0 radical (unpaired) electrons. The number of carbonyl (C=O) groups is 2. The molecule has 0 spiro atoms. The van der Waals surface area contributed by atoms with Crippen LogP contribution in [-0.4, -0.2) is 23.3 Å². The number of amides is 2. The summed E-state index contributed by atoms with van der Waals surface area (Å²) in [6.07, 6.45) is 0.220. The van der Waals surface area contributed by atoms with E-state index in [0.717, 1.165) is 11.1 Å². The van der Waals surface area contributed by atoms with Crippen LogP contribution in [0.5, 0.6) is 0 Å². The van der Waals surface area contributed by atoms with Gasteiger partial charge in [-0.1, -0.05) is 60.7 Å². The van der Waals surface area contributed by atoms with Crippen LogP contribution < -0.4 is 5.48 Å². The average Bonchev–Trinajstić information content (AvgIpc) is 3.04. The minimum atomic E-state index is -0.380. The molecule has 2 aromatic rings. The van der Waals surface area contributed by atoms with Crippen LogP contribution in [0.25, 0.3) is 0 Å². The van der Waals surface area contributed by atoms with Gasteiger partial charge in [0.2, 0.25) is 11.8 Å². The molecule has 130 valence electrons. The summed E-state index contributed by atoms with van der Waals surface area (Å²) < 4.78 is 0. The number of likely N-dealkylation sites (tertiary alicyclic amines) is 1. The van der Waals surface area contributed by atoms with Crippen LogP contribution in [0.4, 0.5) is 0 Å². The third-order valence-corrected chi connectivity index (χ3v) is 4.53. The zero-order valence-electron chi connectivity index (χ0n) is 14.2. The zero-order chi connectivity index (χ0) is 17.6. The molecule has 25 heavy (non-hydrogen) atoms. The Morgan fingerprint density at radius 2 is 1.80 bits per heavy atom. The third kappa shape index (κ3) is 4.25. The summed E-state index contributed by atoms with van der Waals surface area (Å²) in [5, 5.41) is 0. The van der Waals surface area contributed by atoms with Crippen molar-refractivity contribution < 1.29 is 14.4 Å². The summed E-state index contributed by atoms with van der Waals surface area (Å²) in [6, 6.07) is 19.4. The summed E-state index contributed by atoms with van der Waals surface area (Å²) >= 11 is 0. The second-order valence-corrected chi connectivity index (χ2v) is 6.27. The van der Waals surface area contributed by atoms with Crippen LogP contribution >= 0.6 is 0 Å². The molecular weight excluding hydrogens is 316 g/mol. The fraction of sp³-hybridized carbons (Fsp3) is 0.300. The summed E-state index contributed by atoms with van der Waals surface area (Å²) in [5.41, 5.74) is 4.52. The van der Waals surface area contributed by atoms with E-state index in [-0.39, 0.29) is 30.2 Å². The lowest BCUT2D eigenvalue weighted by atomic mass is 10.1. The van der Waals surface area contributed by atoms with Crippen LogP contribution in [0.2, 0.25) is 0 Å². The van der Waals surface area contributed by atoms with Crippen LogP contribution in [-0.2, 0) is 21.0 Å². The lowest BCUT2D eigenvalue weighted by molar-refractivity contribution is -0.138. The Labute approximate surface area is 147 Å². The summed E-state index contributed by atoms with van der Waals surface area (Å²) in [5.74, 6) is -0.624. The predicted molar refractivity (Wildman–Crippen MR) is 94.1 cm³/mol. The summed E-state index contributed by atoms with van der Waals surface area (Å²) in [4.78, 5) is 31.6. The molecule has 1 N–H and O–H groups in total. The highest BCUT2D eigenvalue weighted by Gasteiger charge is 2.37. The number of nitrogens with zero attached hydrogens (tertiary/aromatic N) is 1. The van der Waals surface area contributed by atoms with Gasteiger partial charge in [0.15, 0.2) is 0 Å². The maximum absolute atomic E-state index is 12.3. The van der Waals surface area contributed by atoms with Gasteiger partial charge in [0.05, 0.1) is 18.6 Å². The molecule has 0 bridgehead atoms. The SMILES string of the molecule is C[C@@H](c1ccccc1)N1C[C@H](C(=O)NOCc2ccccc2)CC1=O. The van der Waals surface area contributed by atoms with Crippen LogP contribution in [0.1, 0.15) is 30.5 Å². The summed E-state index contributed by atoms with van der Waals surface area (Å²) in [6.45, 7) is 2.70. The van der Waals surface area contributed by atoms with Gasteiger partial charge >= 0.3 is 0 Å². The molecule has 0 aromatic heterocycles. The number of hydroxylamine groups is 1. The Morgan fingerprint density at radius 1 is 1.16 bits per heavy atom. The number of carbonyl (C=O) groups excluding carboxylic acids is 2. The van der Waals surface area contributed by atoms with Crippen molar-refractivity contribution in [3.05, 3.63) is 71.8 Å². The molecule has 1 aliphatic heterocycles. The molecule has 2 aromatic carbocycles. The van der Waals surface area contributed by atoms with Gasteiger partial charge < -0.3 is 4.90 Å². The fourth-order valence-corrected chi connectivity index (χ4v) is 3.04. The first-order chi connectivity index (χ1) is 12.1. The van der Waals surface area contributed by atoms with E-state index in [0.29, 0.717) is 13.2 Å². The monoisotopic (exact) mass is 338 g/mol. The van der Waals surface area contributed by atoms with E-state index in [1.807, 2.05) is 67.6 Å². The first-order valence-corrected chi connectivity index (χ1v) is 8.45. The number of hydrogen-bond acceptors (Lipinski definition) is 3. The van der Waals surface area contributed by atoms with Crippen molar-refractivity contribution in [3.8, 4) is 0 Å². The van der Waals surface area contributed by atoms with E-state index in [1.165, 1.54) is 0 Å². The molecule has 1 fully saturated rings. The smallest absolute Gasteiger partial charge is 0.248 e. The summed E-state index contributed by atoms with van der Waals surface area (Å²) in [7, 11) is 0. The molecule has 1 saturated heterocycles. The maximum Gasteiger partial charge on any atom is 0.248 e. The van der Waals surface area contributed by atoms with E-state index in [9.17, 15) is 9.59 Å². The van der Waals surface area contributed by atoms with Crippen molar-refractivity contribution in [3.63, 3.8) is 0 Å². The van der Waals surface area contributed by atoms with Gasteiger partial charge in [-0.05, 0) is 18.1 Å². The zero-order valence-corrected chi connectivity index (χ0v) is 14.2. The minimum Gasteiger partial charge on any atom is -0.335 e. The molecule has 2 amide bonds. The average molecular weight is 338 g/mol. The van der Waals surface area contributed by atoms with Crippen molar-refractivity contribution in [1.29, 1.82) is 0 Å². The maximum atomic E-state index is 12.3. The topological polar surface area (TPSA) is 58.6 Å².